The molecule has 0 atom stereocenters. The van der Waals surface area contributed by atoms with Crippen molar-refractivity contribution < 1.29 is 26.4 Å². The normalized spacial score (nSPS) is 17.0. The molecule has 0 saturated carbocycles. The van der Waals surface area contributed by atoms with Crippen LogP contribution in [0.4, 0.5) is 18.3 Å². The zero-order valence-corrected chi connectivity index (χ0v) is 18.9. The number of nitrogens with zero attached hydrogens (tertiary/aromatic N) is 3. The van der Waals surface area contributed by atoms with E-state index in [-0.39, 0.29) is 37.3 Å². The third kappa shape index (κ3) is 5.24. The molecule has 2 heterocycles. The van der Waals surface area contributed by atoms with Gasteiger partial charge < -0.3 is 5.32 Å². The van der Waals surface area contributed by atoms with Crippen LogP contribution < -0.4 is 5.32 Å². The predicted molar refractivity (Wildman–Crippen MR) is 110 cm³/mol. The fourth-order valence-electron chi connectivity index (χ4n) is 3.21. The van der Waals surface area contributed by atoms with Gasteiger partial charge in [0.15, 0.2) is 0 Å². The third-order valence-electron chi connectivity index (χ3n) is 4.93. The van der Waals surface area contributed by atoms with E-state index in [9.17, 15) is 26.4 Å². The van der Waals surface area contributed by atoms with Crippen LogP contribution in [0.15, 0.2) is 29.2 Å². The molecule has 170 valence electrons. The summed E-state index contributed by atoms with van der Waals surface area (Å²) in [5.41, 5.74) is -1.40. The number of carbonyl (C=O) groups excluding carboxylic acids is 1. The van der Waals surface area contributed by atoms with E-state index in [0.717, 1.165) is 27.5 Å². The molecule has 0 aliphatic carbocycles. The molecule has 1 N–H and O–H groups in total. The lowest BCUT2D eigenvalue weighted by Crippen LogP contribution is -2.41. The molecule has 1 amide bonds. The van der Waals surface area contributed by atoms with Gasteiger partial charge in [0.1, 0.15) is 5.01 Å². The summed E-state index contributed by atoms with van der Waals surface area (Å²) in [6.45, 7) is 5.84. The van der Waals surface area contributed by atoms with Gasteiger partial charge in [-0.3, -0.25) is 4.79 Å². The fraction of sp³-hybridized carbons (Fsp3) is 0.526. The number of rotatable bonds is 4. The number of aromatic nitrogens is 2. The van der Waals surface area contributed by atoms with Gasteiger partial charge in [-0.25, -0.2) is 8.42 Å². The minimum Gasteiger partial charge on any atom is -0.300 e. The van der Waals surface area contributed by atoms with E-state index >= 15 is 0 Å². The summed E-state index contributed by atoms with van der Waals surface area (Å²) in [7, 11) is -4.34. The SMILES string of the molecule is CC(C)(C)c1nnc(NC(=O)C2CCN(S(=O)(=O)c3ccccc3C(F)(F)F)CC2)s1. The van der Waals surface area contributed by atoms with Crippen LogP contribution in [0.5, 0.6) is 0 Å². The zero-order chi connectivity index (χ0) is 23.0. The lowest BCUT2D eigenvalue weighted by Gasteiger charge is -2.31. The molecule has 2 aromatic rings. The molecule has 1 fully saturated rings. The van der Waals surface area contributed by atoms with Gasteiger partial charge in [0.25, 0.3) is 0 Å². The van der Waals surface area contributed by atoms with Gasteiger partial charge in [-0.1, -0.05) is 44.2 Å². The molecule has 3 rings (SSSR count). The van der Waals surface area contributed by atoms with Crippen LogP contribution in [0.25, 0.3) is 0 Å². The first-order valence-corrected chi connectivity index (χ1v) is 11.9. The highest BCUT2D eigenvalue weighted by Crippen LogP contribution is 2.36. The first-order chi connectivity index (χ1) is 14.3. The Morgan fingerprint density at radius 3 is 2.29 bits per heavy atom. The summed E-state index contributed by atoms with van der Waals surface area (Å²) in [5.74, 6) is -0.768. The Morgan fingerprint density at radius 1 is 1.13 bits per heavy atom. The zero-order valence-electron chi connectivity index (χ0n) is 17.2. The van der Waals surface area contributed by atoms with E-state index in [1.807, 2.05) is 20.8 Å². The molecule has 7 nitrogen and oxygen atoms in total. The number of hydrogen-bond donors (Lipinski definition) is 1. The van der Waals surface area contributed by atoms with Gasteiger partial charge in [-0.15, -0.1) is 10.2 Å². The molecule has 0 unspecified atom stereocenters. The number of hydrogen-bond acceptors (Lipinski definition) is 6. The average molecular weight is 477 g/mol. The Kier molecular flexibility index (Phi) is 6.45. The second-order valence-corrected chi connectivity index (χ2v) is 11.2. The van der Waals surface area contributed by atoms with Crippen molar-refractivity contribution in [2.75, 3.05) is 18.4 Å². The second kappa shape index (κ2) is 8.47. The number of amides is 1. The molecule has 1 aliphatic heterocycles. The van der Waals surface area contributed by atoms with Gasteiger partial charge in [-0.05, 0) is 25.0 Å². The molecule has 0 radical (unpaired) electrons. The first kappa shape index (κ1) is 23.6. The van der Waals surface area contributed by atoms with Crippen molar-refractivity contribution in [3.8, 4) is 0 Å². The van der Waals surface area contributed by atoms with Crippen molar-refractivity contribution in [2.24, 2.45) is 5.92 Å². The summed E-state index contributed by atoms with van der Waals surface area (Å²) >= 11 is 1.27. The van der Waals surface area contributed by atoms with E-state index < -0.39 is 32.6 Å². The monoisotopic (exact) mass is 476 g/mol. The smallest absolute Gasteiger partial charge is 0.300 e. The van der Waals surface area contributed by atoms with Crippen molar-refractivity contribution in [1.29, 1.82) is 0 Å². The first-order valence-electron chi connectivity index (χ1n) is 9.61. The molecule has 0 bridgehead atoms. The minimum atomic E-state index is -4.78. The third-order valence-corrected chi connectivity index (χ3v) is 8.15. The maximum atomic E-state index is 13.3. The topological polar surface area (TPSA) is 92.3 Å². The molecular formula is C19H23F3N4O3S2. The number of carbonyl (C=O) groups is 1. The summed E-state index contributed by atoms with van der Waals surface area (Å²) in [6.07, 6.45) is -4.39. The van der Waals surface area contributed by atoms with Crippen LogP contribution in [-0.4, -0.2) is 41.9 Å². The van der Waals surface area contributed by atoms with Gasteiger partial charge in [0.2, 0.25) is 21.1 Å². The van der Waals surface area contributed by atoms with Crippen LogP contribution in [0, 0.1) is 5.92 Å². The Balaban J connectivity index is 1.67. The summed E-state index contributed by atoms with van der Waals surface area (Å²) in [6, 6.07) is 4.12. The largest absolute Gasteiger partial charge is 0.417 e. The quantitative estimate of drug-likeness (QED) is 0.723. The highest BCUT2D eigenvalue weighted by molar-refractivity contribution is 7.89. The Morgan fingerprint density at radius 2 is 1.74 bits per heavy atom. The van der Waals surface area contributed by atoms with Crippen LogP contribution in [0.1, 0.15) is 44.2 Å². The van der Waals surface area contributed by atoms with Crippen LogP contribution in [0.3, 0.4) is 0 Å². The Hall–Kier alpha value is -2.05. The Bertz CT molecular complexity index is 1050. The number of sulfonamides is 1. The standard InChI is InChI=1S/C19H23F3N4O3S2/c1-18(2,3)16-24-25-17(30-16)23-15(27)12-8-10-26(11-9-12)31(28,29)14-7-5-4-6-13(14)19(20,21)22/h4-7,12H,8-11H2,1-3H3,(H,23,25,27). The van der Waals surface area contributed by atoms with Gasteiger partial charge in [0.05, 0.1) is 10.5 Å². The highest BCUT2D eigenvalue weighted by Gasteiger charge is 2.40. The van der Waals surface area contributed by atoms with Crippen molar-refractivity contribution in [3.05, 3.63) is 34.8 Å². The van der Waals surface area contributed by atoms with E-state index in [0.29, 0.717) is 5.13 Å². The number of piperidine rings is 1. The molecule has 12 heteroatoms. The van der Waals surface area contributed by atoms with Crippen LogP contribution in [-0.2, 0) is 26.4 Å². The number of anilines is 1. The van der Waals surface area contributed by atoms with Crippen molar-refractivity contribution in [2.45, 2.75) is 50.1 Å². The molecule has 31 heavy (non-hydrogen) atoms. The van der Waals surface area contributed by atoms with Crippen LogP contribution >= 0.6 is 11.3 Å². The van der Waals surface area contributed by atoms with Crippen molar-refractivity contribution in [3.63, 3.8) is 0 Å². The van der Waals surface area contributed by atoms with E-state index in [4.69, 9.17) is 0 Å². The van der Waals surface area contributed by atoms with Crippen LogP contribution in [0.2, 0.25) is 0 Å². The summed E-state index contributed by atoms with van der Waals surface area (Å²) in [5, 5.41) is 11.9. The van der Waals surface area contributed by atoms with E-state index in [1.165, 1.54) is 17.4 Å². The van der Waals surface area contributed by atoms with Gasteiger partial charge in [0, 0.05) is 24.4 Å². The van der Waals surface area contributed by atoms with E-state index in [1.54, 1.807) is 0 Å². The Labute approximate surface area is 182 Å². The summed E-state index contributed by atoms with van der Waals surface area (Å²) < 4.78 is 66.4. The maximum Gasteiger partial charge on any atom is 0.417 e. The summed E-state index contributed by atoms with van der Waals surface area (Å²) in [4.78, 5) is 11.8. The molecule has 1 aromatic carbocycles. The predicted octanol–water partition coefficient (Wildman–Crippen LogP) is 3.89. The maximum absolute atomic E-state index is 13.3. The minimum absolute atomic E-state index is 0.0457. The highest BCUT2D eigenvalue weighted by atomic mass is 32.2. The van der Waals surface area contributed by atoms with E-state index in [2.05, 4.69) is 15.5 Å². The number of alkyl halides is 3. The number of halogens is 3. The molecule has 1 aliphatic rings. The molecule has 1 saturated heterocycles. The number of nitrogens with one attached hydrogen (secondary N) is 1. The number of benzene rings is 1. The lowest BCUT2D eigenvalue weighted by molar-refractivity contribution is -0.139. The van der Waals surface area contributed by atoms with Gasteiger partial charge in [-0.2, -0.15) is 17.5 Å². The van der Waals surface area contributed by atoms with Gasteiger partial charge >= 0.3 is 6.18 Å². The molecular weight excluding hydrogens is 453 g/mol. The lowest BCUT2D eigenvalue weighted by atomic mass is 9.97. The molecule has 0 spiro atoms. The van der Waals surface area contributed by atoms with Crippen molar-refractivity contribution >= 4 is 32.4 Å². The second-order valence-electron chi connectivity index (χ2n) is 8.32. The van der Waals surface area contributed by atoms with Crippen molar-refractivity contribution in [1.82, 2.24) is 14.5 Å². The average Bonchev–Trinajstić information content (AvgIpc) is 3.16. The molecule has 1 aromatic heterocycles. The fourth-order valence-corrected chi connectivity index (χ4v) is 5.69.